The molecule has 0 radical (unpaired) electrons. The summed E-state index contributed by atoms with van der Waals surface area (Å²) in [5.41, 5.74) is 11.4. The second-order valence-electron chi connectivity index (χ2n) is 19.1. The van der Waals surface area contributed by atoms with E-state index in [0.717, 1.165) is 25.7 Å². The van der Waals surface area contributed by atoms with Gasteiger partial charge in [0.05, 0.1) is 37.6 Å². The maximum absolute atomic E-state index is 14.0. The molecule has 1 heterocycles. The summed E-state index contributed by atoms with van der Waals surface area (Å²) >= 11 is 0. The van der Waals surface area contributed by atoms with Crippen LogP contribution in [-0.2, 0) is 52.7 Å². The zero-order valence-electron chi connectivity index (χ0n) is 43.6. The highest BCUT2D eigenvalue weighted by Crippen LogP contribution is 2.20. The molecule has 75 heavy (non-hydrogen) atoms. The number of nitrogens with one attached hydrogen (secondary N) is 8. The Morgan fingerprint density at radius 1 is 0.573 bits per heavy atom. The van der Waals surface area contributed by atoms with E-state index in [4.69, 9.17) is 11.5 Å². The zero-order valence-corrected chi connectivity index (χ0v) is 43.6. The van der Waals surface area contributed by atoms with Gasteiger partial charge in [-0.25, -0.2) is 4.79 Å². The normalized spacial score (nSPS) is 18.6. The first-order valence-electron chi connectivity index (χ1n) is 25.0. The fraction of sp³-hybridized carbons (Fsp3) is 0.761. The first-order valence-corrected chi connectivity index (χ1v) is 25.0. The number of nitrogens with zero attached hydrogens (tertiary/aromatic N) is 1. The molecule has 0 aromatic carbocycles. The summed E-state index contributed by atoms with van der Waals surface area (Å²) < 4.78 is 0. The number of carboxylic acids is 2. The van der Waals surface area contributed by atoms with Gasteiger partial charge in [0.2, 0.25) is 53.2 Å². The maximum atomic E-state index is 14.0. The quantitative estimate of drug-likeness (QED) is 0.0266. The molecule has 0 aromatic rings. The summed E-state index contributed by atoms with van der Waals surface area (Å²) in [4.78, 5) is 146. The lowest BCUT2D eigenvalue weighted by atomic mass is 9.96. The van der Waals surface area contributed by atoms with Crippen molar-refractivity contribution in [1.29, 1.82) is 0 Å². The summed E-state index contributed by atoms with van der Waals surface area (Å²) in [5, 5.41) is 88.6. The zero-order chi connectivity index (χ0) is 57.4. The van der Waals surface area contributed by atoms with Crippen LogP contribution in [0.5, 0.6) is 0 Å². The van der Waals surface area contributed by atoms with Gasteiger partial charge < -0.3 is 94.6 Å². The molecule has 0 spiro atoms. The predicted molar refractivity (Wildman–Crippen MR) is 264 cm³/mol. The molecule has 0 bridgehead atoms. The van der Waals surface area contributed by atoms with Gasteiger partial charge in [-0.15, -0.1) is 0 Å². The van der Waals surface area contributed by atoms with Crippen LogP contribution < -0.4 is 54.0 Å². The Hall–Kier alpha value is -6.11. The number of hydrogen-bond acceptors (Lipinski definition) is 18. The number of aliphatic carboxylic acids is 2. The second-order valence-corrected chi connectivity index (χ2v) is 19.1. The Morgan fingerprint density at radius 3 is 1.51 bits per heavy atom. The van der Waals surface area contributed by atoms with Gasteiger partial charge in [-0.2, -0.15) is 0 Å². The van der Waals surface area contributed by atoms with Gasteiger partial charge in [-0.1, -0.05) is 40.5 Å². The molecule has 428 valence electrons. The molecule has 1 fully saturated rings. The standard InChI is InChI=1S/C46H81N11O18/c1-8-22(4)33(53-39(67)28(18-21(2)3)50-40(68)29(19-58)51-38(66)27(14-15-32(63)64)49-37(65)26(48)12-9-10-16-47)42(70)54-34(23(5)60)43(71)55-35(24(6)61)44(72)56-36(25(7)62)45(73)57-17-11-13-31(57)41(69)52-30(20-59)46(74)75/h21-31,33-36,58-62H,8-20,47-48H2,1-7H3,(H,49,65)(H,50,68)(H,51,66)(H,52,69)(H,53,67)(H,54,70)(H,55,71)(H,56,72)(H,63,64)(H,74,75)/t22-,23+,24+,25+,26-,27-,28-,29-,30-,31-,33-,34-,35-,36-/m0/s1. The Balaban J connectivity index is 3.32. The molecular weight excluding hydrogens is 995 g/mol. The Labute approximate surface area is 434 Å². The van der Waals surface area contributed by atoms with E-state index < -0.39 is 176 Å². The second kappa shape index (κ2) is 33.0. The number of amides is 9. The van der Waals surface area contributed by atoms with E-state index >= 15 is 0 Å². The highest BCUT2D eigenvalue weighted by atomic mass is 16.4. The van der Waals surface area contributed by atoms with Crippen LogP contribution in [0.4, 0.5) is 0 Å². The van der Waals surface area contributed by atoms with Gasteiger partial charge in [0, 0.05) is 13.0 Å². The number of nitrogens with two attached hydrogens (primary N) is 2. The summed E-state index contributed by atoms with van der Waals surface area (Å²) in [6.07, 6.45) is -4.28. The van der Waals surface area contributed by atoms with E-state index in [1.54, 1.807) is 27.7 Å². The Bertz CT molecular complexity index is 1960. The number of carboxylic acid groups (broad SMARTS) is 2. The van der Waals surface area contributed by atoms with Crippen LogP contribution in [0.15, 0.2) is 0 Å². The highest BCUT2D eigenvalue weighted by Gasteiger charge is 2.42. The van der Waals surface area contributed by atoms with E-state index in [1.165, 1.54) is 0 Å². The van der Waals surface area contributed by atoms with Crippen LogP contribution in [0.1, 0.15) is 106 Å². The van der Waals surface area contributed by atoms with Gasteiger partial charge >= 0.3 is 11.9 Å². The minimum absolute atomic E-state index is 0.0516. The van der Waals surface area contributed by atoms with Gasteiger partial charge in [0.15, 0.2) is 0 Å². The number of rotatable bonds is 34. The molecule has 0 unspecified atom stereocenters. The molecule has 14 atom stereocenters. The van der Waals surface area contributed by atoms with E-state index in [-0.39, 0.29) is 44.6 Å². The monoisotopic (exact) mass is 1080 g/mol. The van der Waals surface area contributed by atoms with Crippen LogP contribution >= 0.6 is 0 Å². The van der Waals surface area contributed by atoms with Crippen molar-refractivity contribution in [2.45, 2.75) is 185 Å². The van der Waals surface area contributed by atoms with Gasteiger partial charge in [0.1, 0.15) is 54.4 Å². The first-order chi connectivity index (χ1) is 35.1. The average molecular weight is 1080 g/mol. The summed E-state index contributed by atoms with van der Waals surface area (Å²) in [5.74, 6) is -13.1. The smallest absolute Gasteiger partial charge is 0.328 e. The van der Waals surface area contributed by atoms with E-state index in [1.807, 2.05) is 0 Å². The van der Waals surface area contributed by atoms with Crippen molar-refractivity contribution >= 4 is 65.1 Å². The SMILES string of the molecule is CC[C@H](C)[C@H](NC(=O)[C@H](CC(C)C)NC(=O)[C@H](CO)NC(=O)[C@H](CCC(=O)O)NC(=O)[C@@H](N)CCCCN)C(=O)N[C@H](C(=O)N[C@H](C(=O)N[C@H](C(=O)N1CCC[C@H]1C(=O)N[C@@H](CO)C(=O)O)[C@@H](C)O)[C@@H](C)O)[C@@H](C)O. The lowest BCUT2D eigenvalue weighted by Crippen LogP contribution is -2.64. The van der Waals surface area contributed by atoms with Crippen LogP contribution in [0, 0.1) is 11.8 Å². The third-order valence-corrected chi connectivity index (χ3v) is 12.3. The lowest BCUT2D eigenvalue weighted by molar-refractivity contribution is -0.147. The summed E-state index contributed by atoms with van der Waals surface area (Å²) in [7, 11) is 0. The number of likely N-dealkylation sites (tertiary alicyclic amines) is 1. The third-order valence-electron chi connectivity index (χ3n) is 12.3. The Morgan fingerprint density at radius 2 is 1.04 bits per heavy atom. The topological polar surface area (TPSA) is 481 Å². The number of unbranched alkanes of at least 4 members (excludes halogenated alkanes) is 1. The van der Waals surface area contributed by atoms with Crippen molar-refractivity contribution in [3.63, 3.8) is 0 Å². The molecule has 1 aliphatic rings. The molecule has 0 aliphatic carbocycles. The number of carbonyl (C=O) groups is 11. The van der Waals surface area contributed by atoms with Crippen molar-refractivity contribution in [2.75, 3.05) is 26.3 Å². The molecule has 29 nitrogen and oxygen atoms in total. The number of aliphatic hydroxyl groups excluding tert-OH is 5. The number of carbonyl (C=O) groups excluding carboxylic acids is 9. The van der Waals surface area contributed by atoms with E-state index in [2.05, 4.69) is 42.5 Å². The van der Waals surface area contributed by atoms with Crippen LogP contribution in [0.2, 0.25) is 0 Å². The minimum atomic E-state index is -1.91. The van der Waals surface area contributed by atoms with Crippen LogP contribution in [0.3, 0.4) is 0 Å². The molecule has 1 saturated heterocycles. The molecule has 9 amide bonds. The fourth-order valence-electron chi connectivity index (χ4n) is 7.72. The van der Waals surface area contributed by atoms with Crippen molar-refractivity contribution in [3.05, 3.63) is 0 Å². The maximum Gasteiger partial charge on any atom is 0.328 e. The highest BCUT2D eigenvalue weighted by molar-refractivity contribution is 5.99. The van der Waals surface area contributed by atoms with Crippen LogP contribution in [-0.4, -0.2) is 211 Å². The van der Waals surface area contributed by atoms with Crippen molar-refractivity contribution in [3.8, 4) is 0 Å². The molecule has 1 rings (SSSR count). The lowest BCUT2D eigenvalue weighted by Gasteiger charge is -2.32. The first kappa shape index (κ1) is 66.9. The third kappa shape index (κ3) is 21.9. The van der Waals surface area contributed by atoms with E-state index in [0.29, 0.717) is 19.4 Å². The van der Waals surface area contributed by atoms with Crippen LogP contribution in [0.25, 0.3) is 0 Å². The Kier molecular flexibility index (Phi) is 29.5. The van der Waals surface area contributed by atoms with Crippen molar-refractivity contribution in [2.24, 2.45) is 23.3 Å². The van der Waals surface area contributed by atoms with Gasteiger partial charge in [-0.05, 0) is 77.7 Å². The average Bonchev–Trinajstić information content (AvgIpc) is 3.84. The van der Waals surface area contributed by atoms with E-state index in [9.17, 15) is 88.5 Å². The van der Waals surface area contributed by atoms with Gasteiger partial charge in [-0.3, -0.25) is 47.9 Å². The van der Waals surface area contributed by atoms with Crippen molar-refractivity contribution in [1.82, 2.24) is 47.4 Å². The summed E-state index contributed by atoms with van der Waals surface area (Å²) in [6.45, 7) is 8.29. The molecule has 1 aliphatic heterocycles. The van der Waals surface area contributed by atoms with Gasteiger partial charge in [0.25, 0.3) is 0 Å². The molecule has 0 aromatic heterocycles. The molecule has 0 saturated carbocycles. The molecular formula is C46H81N11O18. The predicted octanol–water partition coefficient (Wildman–Crippen LogP) is -6.52. The fourth-order valence-corrected chi connectivity index (χ4v) is 7.72. The number of aliphatic hydroxyl groups is 5. The summed E-state index contributed by atoms with van der Waals surface area (Å²) in [6, 6.07) is -15.7. The van der Waals surface area contributed by atoms with Crippen molar-refractivity contribution < 1.29 is 88.5 Å². The minimum Gasteiger partial charge on any atom is -0.481 e. The number of hydrogen-bond donors (Lipinski definition) is 17. The molecule has 29 heteroatoms. The largest absolute Gasteiger partial charge is 0.481 e. The molecule has 19 N–H and O–H groups in total.